The molecule has 1 fully saturated rings. The molecule has 0 spiro atoms. The van der Waals surface area contributed by atoms with Gasteiger partial charge in [0, 0.05) is 18.8 Å². The highest BCUT2D eigenvalue weighted by atomic mass is 32.2. The van der Waals surface area contributed by atoms with Crippen LogP contribution in [0.5, 0.6) is 0 Å². The standard InChI is InChI=1S/C23H23N3O4S2/c1-2-30-20(27)14-31-23-25-18-10-9-15(13-19(18)32-23)24-21(28)16-7-3-4-8-17(16)22(29)26-11-5-6-12-26/h3-4,7-10,13H,2,5-6,11-12,14H2,1H3,(H,24,28). The number of carbonyl (C=O) groups is 3. The lowest BCUT2D eigenvalue weighted by Gasteiger charge is -2.17. The van der Waals surface area contributed by atoms with Gasteiger partial charge in [0.15, 0.2) is 4.34 Å². The molecule has 32 heavy (non-hydrogen) atoms. The largest absolute Gasteiger partial charge is 0.465 e. The van der Waals surface area contributed by atoms with Crippen molar-refractivity contribution >= 4 is 56.8 Å². The summed E-state index contributed by atoms with van der Waals surface area (Å²) < 4.78 is 6.60. The van der Waals surface area contributed by atoms with Gasteiger partial charge in [0.1, 0.15) is 0 Å². The zero-order valence-corrected chi connectivity index (χ0v) is 19.3. The molecule has 1 aliphatic rings. The van der Waals surface area contributed by atoms with E-state index in [0.29, 0.717) is 23.4 Å². The Morgan fingerprint density at radius 3 is 2.62 bits per heavy atom. The fraction of sp³-hybridized carbons (Fsp3) is 0.304. The number of nitrogens with one attached hydrogen (secondary N) is 1. The van der Waals surface area contributed by atoms with Crippen LogP contribution >= 0.6 is 23.1 Å². The molecule has 0 saturated carbocycles. The molecule has 1 aliphatic heterocycles. The van der Waals surface area contributed by atoms with Crippen LogP contribution in [-0.4, -0.2) is 53.1 Å². The molecule has 1 N–H and O–H groups in total. The highest BCUT2D eigenvalue weighted by Gasteiger charge is 2.24. The van der Waals surface area contributed by atoms with Crippen LogP contribution in [0.2, 0.25) is 0 Å². The number of rotatable bonds is 7. The number of amides is 2. The Morgan fingerprint density at radius 1 is 1.12 bits per heavy atom. The molecule has 0 aliphatic carbocycles. The van der Waals surface area contributed by atoms with Crippen molar-refractivity contribution in [3.63, 3.8) is 0 Å². The average molecular weight is 470 g/mol. The lowest BCUT2D eigenvalue weighted by atomic mass is 10.1. The van der Waals surface area contributed by atoms with E-state index in [4.69, 9.17) is 4.74 Å². The normalized spacial score (nSPS) is 13.3. The number of benzene rings is 2. The van der Waals surface area contributed by atoms with E-state index in [2.05, 4.69) is 10.3 Å². The highest BCUT2D eigenvalue weighted by molar-refractivity contribution is 8.01. The number of carbonyl (C=O) groups excluding carboxylic acids is 3. The number of thioether (sulfide) groups is 1. The topological polar surface area (TPSA) is 88.6 Å². The summed E-state index contributed by atoms with van der Waals surface area (Å²) >= 11 is 2.78. The van der Waals surface area contributed by atoms with Crippen molar-refractivity contribution in [3.8, 4) is 0 Å². The number of aromatic nitrogens is 1. The van der Waals surface area contributed by atoms with Crippen molar-refractivity contribution < 1.29 is 19.1 Å². The van der Waals surface area contributed by atoms with Gasteiger partial charge >= 0.3 is 5.97 Å². The number of anilines is 1. The van der Waals surface area contributed by atoms with Crippen LogP contribution in [0.25, 0.3) is 10.2 Å². The van der Waals surface area contributed by atoms with Crippen LogP contribution in [0.1, 0.15) is 40.5 Å². The van der Waals surface area contributed by atoms with Crippen LogP contribution in [0.4, 0.5) is 5.69 Å². The van der Waals surface area contributed by atoms with E-state index in [1.54, 1.807) is 42.2 Å². The van der Waals surface area contributed by atoms with Gasteiger partial charge in [-0.2, -0.15) is 0 Å². The second-order valence-corrected chi connectivity index (χ2v) is 9.51. The van der Waals surface area contributed by atoms with E-state index in [1.807, 2.05) is 12.1 Å². The summed E-state index contributed by atoms with van der Waals surface area (Å²) in [5.74, 6) is -0.491. The second kappa shape index (κ2) is 10.1. The maximum absolute atomic E-state index is 13.0. The van der Waals surface area contributed by atoms with Gasteiger partial charge in [-0.15, -0.1) is 11.3 Å². The van der Waals surface area contributed by atoms with Gasteiger partial charge in [0.05, 0.1) is 33.7 Å². The third kappa shape index (κ3) is 5.11. The Morgan fingerprint density at radius 2 is 1.88 bits per heavy atom. The first-order valence-electron chi connectivity index (χ1n) is 10.4. The van der Waals surface area contributed by atoms with E-state index in [0.717, 1.165) is 40.5 Å². The molecule has 0 atom stereocenters. The van der Waals surface area contributed by atoms with Crippen molar-refractivity contribution in [3.05, 3.63) is 53.6 Å². The molecule has 1 aromatic heterocycles. The number of hydrogen-bond acceptors (Lipinski definition) is 7. The van der Waals surface area contributed by atoms with E-state index in [-0.39, 0.29) is 23.5 Å². The maximum atomic E-state index is 13.0. The third-order valence-electron chi connectivity index (χ3n) is 5.04. The zero-order valence-electron chi connectivity index (χ0n) is 17.6. The number of thiazole rings is 1. The van der Waals surface area contributed by atoms with Gasteiger partial charge in [0.25, 0.3) is 11.8 Å². The number of hydrogen-bond donors (Lipinski definition) is 1. The van der Waals surface area contributed by atoms with Gasteiger partial charge < -0.3 is 15.0 Å². The first kappa shape index (κ1) is 22.3. The zero-order chi connectivity index (χ0) is 22.5. The van der Waals surface area contributed by atoms with Gasteiger partial charge in [-0.1, -0.05) is 23.9 Å². The molecule has 166 valence electrons. The summed E-state index contributed by atoms with van der Waals surface area (Å²) in [4.78, 5) is 43.7. The Bertz CT molecular complexity index is 1160. The molecule has 0 radical (unpaired) electrons. The molecule has 2 amide bonds. The second-order valence-electron chi connectivity index (χ2n) is 7.25. The summed E-state index contributed by atoms with van der Waals surface area (Å²) in [6, 6.07) is 12.4. The van der Waals surface area contributed by atoms with Gasteiger partial charge in [0.2, 0.25) is 0 Å². The molecule has 3 aromatic rings. The van der Waals surface area contributed by atoms with Crippen molar-refractivity contribution in [1.29, 1.82) is 0 Å². The highest BCUT2D eigenvalue weighted by Crippen LogP contribution is 2.31. The lowest BCUT2D eigenvalue weighted by molar-refractivity contribution is -0.139. The van der Waals surface area contributed by atoms with Gasteiger partial charge in [-0.05, 0) is 50.1 Å². The molecule has 2 heterocycles. The number of likely N-dealkylation sites (tertiary alicyclic amines) is 1. The Balaban J connectivity index is 1.48. The predicted molar refractivity (Wildman–Crippen MR) is 127 cm³/mol. The van der Waals surface area contributed by atoms with Gasteiger partial charge in [-0.3, -0.25) is 14.4 Å². The predicted octanol–water partition coefficient (Wildman–Crippen LogP) is 4.44. The summed E-state index contributed by atoms with van der Waals surface area (Å²) in [5, 5.41) is 2.90. The first-order chi connectivity index (χ1) is 15.5. The van der Waals surface area contributed by atoms with Crippen molar-refractivity contribution in [1.82, 2.24) is 9.88 Å². The monoisotopic (exact) mass is 469 g/mol. The summed E-state index contributed by atoms with van der Waals surface area (Å²) in [6.07, 6.45) is 1.99. The Labute approximate surface area is 194 Å². The molecular formula is C23H23N3O4S2. The quantitative estimate of drug-likeness (QED) is 0.407. The Kier molecular flexibility index (Phi) is 7.06. The summed E-state index contributed by atoms with van der Waals surface area (Å²) in [6.45, 7) is 3.59. The van der Waals surface area contributed by atoms with Crippen LogP contribution in [0.15, 0.2) is 46.8 Å². The molecule has 0 bridgehead atoms. The molecular weight excluding hydrogens is 446 g/mol. The molecule has 7 nitrogen and oxygen atoms in total. The minimum atomic E-state index is -0.325. The molecule has 9 heteroatoms. The van der Waals surface area contributed by atoms with Crippen LogP contribution in [0.3, 0.4) is 0 Å². The lowest BCUT2D eigenvalue weighted by Crippen LogP contribution is -2.29. The first-order valence-corrected chi connectivity index (χ1v) is 12.2. The SMILES string of the molecule is CCOC(=O)CSc1nc2ccc(NC(=O)c3ccccc3C(=O)N3CCCC3)cc2s1. The van der Waals surface area contributed by atoms with Crippen molar-refractivity contribution in [2.24, 2.45) is 0 Å². The third-order valence-corrected chi connectivity index (χ3v) is 7.18. The number of fused-ring (bicyclic) bond motifs is 1. The Hall–Kier alpha value is -2.91. The summed E-state index contributed by atoms with van der Waals surface area (Å²) in [7, 11) is 0. The maximum Gasteiger partial charge on any atom is 0.316 e. The molecule has 2 aromatic carbocycles. The van der Waals surface area contributed by atoms with E-state index in [1.165, 1.54) is 23.1 Å². The van der Waals surface area contributed by atoms with Crippen LogP contribution in [0, 0.1) is 0 Å². The summed E-state index contributed by atoms with van der Waals surface area (Å²) in [5.41, 5.74) is 2.20. The number of esters is 1. The van der Waals surface area contributed by atoms with E-state index in [9.17, 15) is 14.4 Å². The fourth-order valence-electron chi connectivity index (χ4n) is 3.52. The molecule has 4 rings (SSSR count). The van der Waals surface area contributed by atoms with Crippen molar-refractivity contribution in [2.75, 3.05) is 30.8 Å². The van der Waals surface area contributed by atoms with Crippen LogP contribution in [-0.2, 0) is 9.53 Å². The molecule has 1 saturated heterocycles. The van der Waals surface area contributed by atoms with Gasteiger partial charge in [-0.25, -0.2) is 4.98 Å². The van der Waals surface area contributed by atoms with E-state index >= 15 is 0 Å². The minimum Gasteiger partial charge on any atom is -0.465 e. The van der Waals surface area contributed by atoms with E-state index < -0.39 is 0 Å². The number of ether oxygens (including phenoxy) is 1. The smallest absolute Gasteiger partial charge is 0.316 e. The van der Waals surface area contributed by atoms with Crippen LogP contribution < -0.4 is 5.32 Å². The van der Waals surface area contributed by atoms with Crippen molar-refractivity contribution in [2.45, 2.75) is 24.1 Å². The fourth-order valence-corrected chi connectivity index (χ4v) is 5.43. The average Bonchev–Trinajstić information content (AvgIpc) is 3.47. The number of nitrogens with zero attached hydrogens (tertiary/aromatic N) is 2. The minimum absolute atomic E-state index is 0.102. The molecule has 0 unspecified atom stereocenters.